The van der Waals surface area contributed by atoms with Crippen LogP contribution in [0, 0.1) is 11.8 Å². The average molecular weight is 249 g/mol. The third kappa shape index (κ3) is 2.44. The third-order valence-corrected chi connectivity index (χ3v) is 4.48. The molecular weight excluding hydrogens is 226 g/mol. The number of aromatic nitrogens is 2. The molecule has 4 unspecified atom stereocenters. The van der Waals surface area contributed by atoms with Gasteiger partial charge in [-0.2, -0.15) is 4.98 Å². The first-order chi connectivity index (χ1) is 8.72. The van der Waals surface area contributed by atoms with Gasteiger partial charge in [-0.3, -0.25) is 0 Å². The second-order valence-corrected chi connectivity index (χ2v) is 6.24. The van der Waals surface area contributed by atoms with Crippen LogP contribution in [0.5, 0.6) is 0 Å². The Morgan fingerprint density at radius 1 is 1.11 bits per heavy atom. The van der Waals surface area contributed by atoms with Gasteiger partial charge in [-0.15, -0.1) is 0 Å². The molecule has 100 valence electrons. The SMILES string of the molecule is CC1CCC(c2noc(C3CC(C)CCN3)n2)C1. The zero-order valence-corrected chi connectivity index (χ0v) is 11.4. The zero-order valence-electron chi connectivity index (χ0n) is 11.4. The molecule has 4 nitrogen and oxygen atoms in total. The number of hydrogen-bond acceptors (Lipinski definition) is 4. The summed E-state index contributed by atoms with van der Waals surface area (Å²) in [5.74, 6) is 3.83. The summed E-state index contributed by atoms with van der Waals surface area (Å²) in [5, 5.41) is 7.69. The first-order valence-corrected chi connectivity index (χ1v) is 7.29. The topological polar surface area (TPSA) is 51.0 Å². The van der Waals surface area contributed by atoms with Gasteiger partial charge in [0.2, 0.25) is 5.89 Å². The molecule has 2 fully saturated rings. The minimum Gasteiger partial charge on any atom is -0.338 e. The minimum atomic E-state index is 0.272. The van der Waals surface area contributed by atoms with Gasteiger partial charge in [-0.1, -0.05) is 19.0 Å². The van der Waals surface area contributed by atoms with E-state index in [0.717, 1.165) is 36.5 Å². The van der Waals surface area contributed by atoms with E-state index >= 15 is 0 Å². The lowest BCUT2D eigenvalue weighted by Gasteiger charge is -2.25. The Bertz CT molecular complexity index is 403. The molecule has 0 amide bonds. The molecule has 4 heteroatoms. The fraction of sp³-hybridized carbons (Fsp3) is 0.857. The Labute approximate surface area is 109 Å². The first-order valence-electron chi connectivity index (χ1n) is 7.29. The highest BCUT2D eigenvalue weighted by atomic mass is 16.5. The lowest BCUT2D eigenvalue weighted by atomic mass is 9.94. The van der Waals surface area contributed by atoms with Gasteiger partial charge in [0, 0.05) is 5.92 Å². The smallest absolute Gasteiger partial charge is 0.243 e. The molecule has 3 rings (SSSR count). The Hall–Kier alpha value is -0.900. The monoisotopic (exact) mass is 249 g/mol. The zero-order chi connectivity index (χ0) is 12.5. The van der Waals surface area contributed by atoms with Gasteiger partial charge in [0.25, 0.3) is 0 Å². The number of nitrogens with one attached hydrogen (secondary N) is 1. The van der Waals surface area contributed by atoms with Crippen LogP contribution in [0.1, 0.15) is 69.6 Å². The lowest BCUT2D eigenvalue weighted by molar-refractivity contribution is 0.259. The number of piperidine rings is 1. The molecule has 18 heavy (non-hydrogen) atoms. The highest BCUT2D eigenvalue weighted by Gasteiger charge is 2.29. The molecule has 4 atom stereocenters. The number of hydrogen-bond donors (Lipinski definition) is 1. The quantitative estimate of drug-likeness (QED) is 0.875. The summed E-state index contributed by atoms with van der Waals surface area (Å²) in [4.78, 5) is 4.64. The van der Waals surface area contributed by atoms with Gasteiger partial charge < -0.3 is 9.84 Å². The second kappa shape index (κ2) is 5.00. The Kier molecular flexibility index (Phi) is 3.37. The first kappa shape index (κ1) is 12.2. The molecule has 2 heterocycles. The van der Waals surface area contributed by atoms with E-state index in [2.05, 4.69) is 29.3 Å². The summed E-state index contributed by atoms with van der Waals surface area (Å²) in [6.07, 6.45) is 6.09. The Morgan fingerprint density at radius 2 is 1.94 bits per heavy atom. The van der Waals surface area contributed by atoms with E-state index < -0.39 is 0 Å². The van der Waals surface area contributed by atoms with E-state index in [1.165, 1.54) is 25.7 Å². The fourth-order valence-corrected chi connectivity index (χ4v) is 3.29. The summed E-state index contributed by atoms with van der Waals surface area (Å²) >= 11 is 0. The molecule has 1 aliphatic heterocycles. The fourth-order valence-electron chi connectivity index (χ4n) is 3.29. The standard InChI is InChI=1S/C14H23N3O/c1-9-3-4-11(7-9)13-16-14(18-17-13)12-8-10(2)5-6-15-12/h9-12,15H,3-8H2,1-2H3. The molecular formula is C14H23N3O. The summed E-state index contributed by atoms with van der Waals surface area (Å²) in [6, 6.07) is 0.272. The van der Waals surface area contributed by atoms with Crippen LogP contribution < -0.4 is 5.32 Å². The molecule has 1 N–H and O–H groups in total. The van der Waals surface area contributed by atoms with Crippen LogP contribution in [0.2, 0.25) is 0 Å². The van der Waals surface area contributed by atoms with Crippen LogP contribution in [-0.4, -0.2) is 16.7 Å². The largest absolute Gasteiger partial charge is 0.338 e. The molecule has 1 aromatic rings. The van der Waals surface area contributed by atoms with Crippen molar-refractivity contribution in [3.8, 4) is 0 Å². The van der Waals surface area contributed by atoms with Gasteiger partial charge in [0.15, 0.2) is 5.82 Å². The van der Waals surface area contributed by atoms with Gasteiger partial charge in [-0.25, -0.2) is 0 Å². The molecule has 0 bridgehead atoms. The summed E-state index contributed by atoms with van der Waals surface area (Å²) in [5.41, 5.74) is 0. The Morgan fingerprint density at radius 3 is 2.67 bits per heavy atom. The van der Waals surface area contributed by atoms with Crippen molar-refractivity contribution < 1.29 is 4.52 Å². The summed E-state index contributed by atoms with van der Waals surface area (Å²) in [7, 11) is 0. The number of nitrogens with zero attached hydrogens (tertiary/aromatic N) is 2. The van der Waals surface area contributed by atoms with Crippen molar-refractivity contribution in [2.75, 3.05) is 6.54 Å². The highest BCUT2D eigenvalue weighted by molar-refractivity contribution is 5.02. The van der Waals surface area contributed by atoms with Crippen molar-refractivity contribution >= 4 is 0 Å². The second-order valence-electron chi connectivity index (χ2n) is 6.24. The number of rotatable bonds is 2. The van der Waals surface area contributed by atoms with Crippen LogP contribution >= 0.6 is 0 Å². The highest BCUT2D eigenvalue weighted by Crippen LogP contribution is 2.37. The maximum Gasteiger partial charge on any atom is 0.243 e. The third-order valence-electron chi connectivity index (χ3n) is 4.48. The van der Waals surface area contributed by atoms with E-state index in [0.29, 0.717) is 5.92 Å². The van der Waals surface area contributed by atoms with E-state index in [4.69, 9.17) is 4.52 Å². The summed E-state index contributed by atoms with van der Waals surface area (Å²) in [6.45, 7) is 5.67. The predicted molar refractivity (Wildman–Crippen MR) is 69.2 cm³/mol. The van der Waals surface area contributed by atoms with E-state index in [-0.39, 0.29) is 6.04 Å². The predicted octanol–water partition coefficient (Wildman–Crippen LogP) is 3.03. The van der Waals surface area contributed by atoms with Crippen LogP contribution in [-0.2, 0) is 0 Å². The van der Waals surface area contributed by atoms with Gasteiger partial charge in [-0.05, 0) is 50.5 Å². The van der Waals surface area contributed by atoms with Crippen molar-refractivity contribution in [2.45, 2.75) is 57.9 Å². The lowest BCUT2D eigenvalue weighted by Crippen LogP contribution is -2.30. The molecule has 0 aromatic carbocycles. The summed E-state index contributed by atoms with van der Waals surface area (Å²) < 4.78 is 5.48. The normalized spacial score (nSPS) is 37.0. The van der Waals surface area contributed by atoms with Gasteiger partial charge in [0.1, 0.15) is 0 Å². The molecule has 1 aliphatic carbocycles. The van der Waals surface area contributed by atoms with Crippen molar-refractivity contribution in [3.63, 3.8) is 0 Å². The van der Waals surface area contributed by atoms with Gasteiger partial charge >= 0.3 is 0 Å². The van der Waals surface area contributed by atoms with Crippen LogP contribution in [0.3, 0.4) is 0 Å². The molecule has 0 radical (unpaired) electrons. The molecule has 1 aromatic heterocycles. The van der Waals surface area contributed by atoms with Crippen LogP contribution in [0.4, 0.5) is 0 Å². The minimum absolute atomic E-state index is 0.272. The van der Waals surface area contributed by atoms with Crippen molar-refractivity contribution in [1.82, 2.24) is 15.5 Å². The van der Waals surface area contributed by atoms with Crippen molar-refractivity contribution in [3.05, 3.63) is 11.7 Å². The molecule has 2 aliphatic rings. The maximum absolute atomic E-state index is 5.48. The molecule has 0 spiro atoms. The van der Waals surface area contributed by atoms with E-state index in [1.54, 1.807) is 0 Å². The average Bonchev–Trinajstić information content (AvgIpc) is 2.97. The van der Waals surface area contributed by atoms with Crippen molar-refractivity contribution in [2.24, 2.45) is 11.8 Å². The molecule has 1 saturated carbocycles. The molecule has 1 saturated heterocycles. The van der Waals surface area contributed by atoms with Crippen LogP contribution in [0.25, 0.3) is 0 Å². The van der Waals surface area contributed by atoms with E-state index in [9.17, 15) is 0 Å². The van der Waals surface area contributed by atoms with Gasteiger partial charge in [0.05, 0.1) is 6.04 Å². The van der Waals surface area contributed by atoms with Crippen molar-refractivity contribution in [1.29, 1.82) is 0 Å². The van der Waals surface area contributed by atoms with E-state index in [1.807, 2.05) is 0 Å². The Balaban J connectivity index is 1.69. The maximum atomic E-state index is 5.48. The van der Waals surface area contributed by atoms with Crippen LogP contribution in [0.15, 0.2) is 4.52 Å².